The molecule has 0 saturated carbocycles. The van der Waals surface area contributed by atoms with Gasteiger partial charge in [0.15, 0.2) is 0 Å². The molecular weight excluding hydrogens is 174 g/mol. The van der Waals surface area contributed by atoms with Crippen molar-refractivity contribution in [3.8, 4) is 0 Å². The number of hydrogen-bond acceptors (Lipinski definition) is 3. The molecular formula is H3CoN2NaO4. The number of nitrogens with two attached hydrogens (primary N) is 1. The maximum absolute atomic E-state index is 8.36. The summed E-state index contributed by atoms with van der Waals surface area (Å²) in [6, 6.07) is 0. The molecule has 0 radical (unpaired) electrons. The van der Waals surface area contributed by atoms with Crippen LogP contribution in [-0.2, 0) is 19.5 Å². The molecule has 0 aromatic carbocycles. The molecule has 0 spiro atoms. The van der Waals surface area contributed by atoms with Crippen LogP contribution < -0.4 is 29.6 Å². The first-order valence-electron chi connectivity index (χ1n) is 0.701. The Bertz CT molecular complexity index is 45.3. The van der Waals surface area contributed by atoms with Crippen LogP contribution in [0.1, 0.15) is 0 Å². The topological polar surface area (TPSA) is 114 Å². The van der Waals surface area contributed by atoms with Crippen LogP contribution in [-0.4, -0.2) is 10.3 Å². The predicted octanol–water partition coefficient (Wildman–Crippen LogP) is -2.75. The summed E-state index contributed by atoms with van der Waals surface area (Å²) >= 11 is 2.31. The van der Waals surface area contributed by atoms with E-state index in [0.717, 1.165) is 0 Å². The van der Waals surface area contributed by atoms with E-state index in [4.69, 9.17) is 19.2 Å². The van der Waals surface area contributed by atoms with Crippen molar-refractivity contribution in [2.45, 2.75) is 0 Å². The van der Waals surface area contributed by atoms with Gasteiger partial charge in [0, 0.05) is 0 Å². The van der Waals surface area contributed by atoms with E-state index in [2.05, 4.69) is 15.7 Å². The van der Waals surface area contributed by atoms with Crippen LogP contribution in [0.5, 0.6) is 0 Å². The molecule has 0 fully saturated rings. The van der Waals surface area contributed by atoms with Gasteiger partial charge in [-0.15, -0.1) is 10.1 Å². The average molecular weight is 177 g/mol. The van der Waals surface area contributed by atoms with Crippen LogP contribution in [0.2, 0.25) is 0 Å². The number of nitrogens with zero attached hydrogens (tertiary/aromatic N) is 1. The molecule has 0 aliphatic heterocycles. The van der Waals surface area contributed by atoms with Crippen LogP contribution >= 0.6 is 0 Å². The van der Waals surface area contributed by atoms with Gasteiger partial charge < -0.3 is 11.4 Å². The van der Waals surface area contributed by atoms with Crippen LogP contribution in [0.3, 0.4) is 0 Å². The molecule has 0 saturated heterocycles. The Balaban J connectivity index is -0.0000000183. The standard InChI is InChI=1S/Co.HNO3.H2N.Na.O/c;2-1(3)4;;;/h;(H,2,3,4);1H2;;/q;;-1;+1;. The van der Waals surface area contributed by atoms with Gasteiger partial charge in [-0.25, -0.2) is 0 Å². The molecule has 47 valence electrons. The van der Waals surface area contributed by atoms with Gasteiger partial charge in [-0.2, -0.15) is 0 Å². The van der Waals surface area contributed by atoms with Gasteiger partial charge in [-0.3, -0.25) is 0 Å². The normalized spacial score (nSPS) is 3.62. The summed E-state index contributed by atoms with van der Waals surface area (Å²) in [7, 11) is 0. The molecule has 8 heavy (non-hydrogen) atoms. The minimum atomic E-state index is -1.50. The summed E-state index contributed by atoms with van der Waals surface area (Å²) in [5.41, 5.74) is 0. The first-order valence-corrected chi connectivity index (χ1v) is 1.13. The van der Waals surface area contributed by atoms with Gasteiger partial charge in [-0.1, -0.05) is 0 Å². The Morgan fingerprint density at radius 3 is 1.50 bits per heavy atom. The first kappa shape index (κ1) is 23.7. The quantitative estimate of drug-likeness (QED) is 0.245. The third kappa shape index (κ3) is 888. The maximum atomic E-state index is 8.36. The van der Waals surface area contributed by atoms with E-state index in [1.807, 2.05) is 0 Å². The van der Waals surface area contributed by atoms with Gasteiger partial charge in [0.1, 0.15) is 0 Å². The molecule has 0 rings (SSSR count). The summed E-state index contributed by atoms with van der Waals surface area (Å²) < 4.78 is 7.94. The summed E-state index contributed by atoms with van der Waals surface area (Å²) in [6.07, 6.45) is 0. The number of hydrogen-bond donors (Lipinski definition) is 1. The first-order chi connectivity index (χ1) is 2.73. The predicted molar refractivity (Wildman–Crippen MR) is 14.8 cm³/mol. The summed E-state index contributed by atoms with van der Waals surface area (Å²) in [5.74, 6) is 0. The molecule has 0 bridgehead atoms. The second-order valence-corrected chi connectivity index (χ2v) is 0.238. The van der Waals surface area contributed by atoms with Crippen molar-refractivity contribution >= 4 is 0 Å². The van der Waals surface area contributed by atoms with Crippen molar-refractivity contribution in [2.75, 3.05) is 0 Å². The molecule has 0 unspecified atom stereocenters. The van der Waals surface area contributed by atoms with Crippen molar-refractivity contribution < 1.29 is 59.4 Å². The van der Waals surface area contributed by atoms with Gasteiger partial charge in [0.2, 0.25) is 0 Å². The zero-order chi connectivity index (χ0) is 5.58. The van der Waals surface area contributed by atoms with Crippen LogP contribution in [0.4, 0.5) is 0 Å². The zero-order valence-electron chi connectivity index (χ0n) is 4.03. The van der Waals surface area contributed by atoms with E-state index >= 15 is 0 Å². The molecule has 0 amide bonds. The van der Waals surface area contributed by atoms with Gasteiger partial charge in [0.25, 0.3) is 5.09 Å². The summed E-state index contributed by atoms with van der Waals surface area (Å²) in [6.45, 7) is 0. The molecule has 0 aliphatic rings. The van der Waals surface area contributed by atoms with Gasteiger partial charge >= 0.3 is 49.1 Å². The van der Waals surface area contributed by atoms with Crippen molar-refractivity contribution in [1.29, 1.82) is 0 Å². The third-order valence-electron chi connectivity index (χ3n) is 0. The van der Waals surface area contributed by atoms with Crippen LogP contribution in [0.15, 0.2) is 0 Å². The molecule has 0 aromatic heterocycles. The zero-order valence-corrected chi connectivity index (χ0v) is 7.07. The number of rotatable bonds is 0. The Kier molecular flexibility index (Phi) is 76.8. The third-order valence-corrected chi connectivity index (χ3v) is 0. The van der Waals surface area contributed by atoms with Crippen molar-refractivity contribution in [3.05, 3.63) is 16.3 Å². The Morgan fingerprint density at radius 1 is 1.50 bits per heavy atom. The SMILES string of the molecule is O=[N+]([O-])O.[NH2-].[Na+].[O]=[Co]. The minimum absolute atomic E-state index is 0. The van der Waals surface area contributed by atoms with Crippen LogP contribution in [0, 0.1) is 10.1 Å². The van der Waals surface area contributed by atoms with Crippen molar-refractivity contribution in [3.63, 3.8) is 0 Å². The fourth-order valence-corrected chi connectivity index (χ4v) is 0. The van der Waals surface area contributed by atoms with E-state index in [1.54, 1.807) is 0 Å². The Labute approximate surface area is 75.4 Å². The molecule has 0 aromatic rings. The Hall–Kier alpha value is 0.466. The molecule has 0 atom stereocenters. The van der Waals surface area contributed by atoms with Gasteiger partial charge in [-0.05, 0) is 0 Å². The fourth-order valence-electron chi connectivity index (χ4n) is 0. The second-order valence-electron chi connectivity index (χ2n) is 0.238. The molecule has 0 aliphatic carbocycles. The van der Waals surface area contributed by atoms with E-state index in [9.17, 15) is 0 Å². The van der Waals surface area contributed by atoms with E-state index in [0.29, 0.717) is 0 Å². The monoisotopic (exact) mass is 177 g/mol. The molecule has 3 N–H and O–H groups in total. The second kappa shape index (κ2) is 26.0. The summed E-state index contributed by atoms with van der Waals surface area (Å²) in [4.78, 5) is 8.36. The molecule has 6 nitrogen and oxygen atoms in total. The van der Waals surface area contributed by atoms with Crippen molar-refractivity contribution in [1.82, 2.24) is 0 Å². The molecule has 0 heterocycles. The fraction of sp³-hybridized carbons (Fsp3) is 0. The molecule has 8 heteroatoms. The van der Waals surface area contributed by atoms with E-state index in [1.165, 1.54) is 0 Å². The summed E-state index contributed by atoms with van der Waals surface area (Å²) in [5, 5.41) is 13.6. The van der Waals surface area contributed by atoms with E-state index in [-0.39, 0.29) is 35.7 Å². The van der Waals surface area contributed by atoms with Gasteiger partial charge in [0.05, 0.1) is 0 Å². The Morgan fingerprint density at radius 2 is 1.50 bits per heavy atom. The average Bonchev–Trinajstić information content (AvgIpc) is 1.41. The van der Waals surface area contributed by atoms with Crippen molar-refractivity contribution in [2.24, 2.45) is 0 Å². The van der Waals surface area contributed by atoms with E-state index < -0.39 is 5.09 Å². The van der Waals surface area contributed by atoms with Crippen LogP contribution in [0.25, 0.3) is 6.15 Å².